The van der Waals surface area contributed by atoms with E-state index in [1.54, 1.807) is 61.5 Å². The number of methoxy groups -OCH3 is 1. The van der Waals surface area contributed by atoms with Crippen LogP contribution >= 0.6 is 0 Å². The van der Waals surface area contributed by atoms with Gasteiger partial charge in [-0.25, -0.2) is 4.79 Å². The summed E-state index contributed by atoms with van der Waals surface area (Å²) in [5, 5.41) is 0. The van der Waals surface area contributed by atoms with Gasteiger partial charge in [-0.2, -0.15) is 0 Å². The summed E-state index contributed by atoms with van der Waals surface area (Å²) in [6, 6.07) is 14.8. The van der Waals surface area contributed by atoms with E-state index < -0.39 is 5.97 Å². The summed E-state index contributed by atoms with van der Waals surface area (Å²) in [4.78, 5) is 24.3. The highest BCUT2D eigenvalue weighted by Crippen LogP contribution is 2.40. The third kappa shape index (κ3) is 4.29. The third-order valence-corrected chi connectivity index (χ3v) is 4.60. The Hall–Kier alpha value is -4.20. The van der Waals surface area contributed by atoms with E-state index in [0.29, 0.717) is 29.3 Å². The van der Waals surface area contributed by atoms with Crippen LogP contribution in [-0.2, 0) is 4.74 Å². The standard InChI is InChI=1S/C24H20O8/c1-3-28-24(26)23-20(31-17-8-10-19-22(12-17)30-14-29-19)5-4-6-21(23)32-18-9-7-16(27-2)11-15(18)13-25/h4-13H,3,14H2,1-2H3. The number of carbonyl (C=O) groups is 2. The van der Waals surface area contributed by atoms with E-state index in [-0.39, 0.29) is 41.8 Å². The lowest BCUT2D eigenvalue weighted by molar-refractivity contribution is 0.0520. The number of carbonyl (C=O) groups excluding carboxylic acids is 2. The molecule has 1 aliphatic heterocycles. The van der Waals surface area contributed by atoms with Crippen molar-refractivity contribution in [2.75, 3.05) is 20.5 Å². The lowest BCUT2D eigenvalue weighted by Gasteiger charge is -2.16. The SMILES string of the molecule is CCOC(=O)c1c(Oc2ccc3c(c2)OCO3)cccc1Oc1ccc(OC)cc1C=O. The molecule has 3 aromatic carbocycles. The number of rotatable bonds is 8. The molecule has 3 aromatic rings. The quantitative estimate of drug-likeness (QED) is 0.360. The van der Waals surface area contributed by atoms with Gasteiger partial charge >= 0.3 is 5.97 Å². The summed E-state index contributed by atoms with van der Waals surface area (Å²) in [6.45, 7) is 2.00. The van der Waals surface area contributed by atoms with Crippen LogP contribution in [0, 0.1) is 0 Å². The molecule has 4 rings (SSSR count). The van der Waals surface area contributed by atoms with Crippen molar-refractivity contribution in [2.24, 2.45) is 0 Å². The zero-order chi connectivity index (χ0) is 22.5. The first-order chi connectivity index (χ1) is 15.6. The van der Waals surface area contributed by atoms with Gasteiger partial charge in [0.2, 0.25) is 6.79 Å². The van der Waals surface area contributed by atoms with Gasteiger partial charge in [0.05, 0.1) is 19.3 Å². The van der Waals surface area contributed by atoms with E-state index >= 15 is 0 Å². The van der Waals surface area contributed by atoms with E-state index in [1.807, 2.05) is 0 Å². The Kier molecular flexibility index (Phi) is 6.12. The van der Waals surface area contributed by atoms with Crippen LogP contribution in [0.2, 0.25) is 0 Å². The van der Waals surface area contributed by atoms with Crippen LogP contribution in [0.25, 0.3) is 0 Å². The second-order valence-corrected chi connectivity index (χ2v) is 6.59. The monoisotopic (exact) mass is 436 g/mol. The molecule has 0 bridgehead atoms. The van der Waals surface area contributed by atoms with Gasteiger partial charge in [0, 0.05) is 6.07 Å². The summed E-state index contributed by atoms with van der Waals surface area (Å²) < 4.78 is 33.0. The molecule has 8 heteroatoms. The zero-order valence-corrected chi connectivity index (χ0v) is 17.5. The number of hydrogen-bond acceptors (Lipinski definition) is 8. The molecule has 0 saturated heterocycles. The van der Waals surface area contributed by atoms with E-state index in [1.165, 1.54) is 7.11 Å². The molecule has 1 heterocycles. The Bertz CT molecular complexity index is 1150. The number of ether oxygens (including phenoxy) is 6. The van der Waals surface area contributed by atoms with Crippen LogP contribution in [-0.4, -0.2) is 32.8 Å². The maximum Gasteiger partial charge on any atom is 0.345 e. The summed E-state index contributed by atoms with van der Waals surface area (Å²) in [5.74, 6) is 2.13. The minimum atomic E-state index is -0.625. The molecule has 0 fully saturated rings. The molecule has 8 nitrogen and oxygen atoms in total. The lowest BCUT2D eigenvalue weighted by atomic mass is 10.1. The molecule has 0 aliphatic carbocycles. The van der Waals surface area contributed by atoms with Crippen LogP contribution in [0.3, 0.4) is 0 Å². The minimum Gasteiger partial charge on any atom is -0.497 e. The average molecular weight is 436 g/mol. The van der Waals surface area contributed by atoms with Gasteiger partial charge in [0.1, 0.15) is 34.3 Å². The van der Waals surface area contributed by atoms with Gasteiger partial charge in [0.25, 0.3) is 0 Å². The minimum absolute atomic E-state index is 0.0830. The molecule has 0 amide bonds. The van der Waals surface area contributed by atoms with Gasteiger partial charge in [-0.05, 0) is 49.4 Å². The largest absolute Gasteiger partial charge is 0.497 e. The highest BCUT2D eigenvalue weighted by Gasteiger charge is 2.23. The van der Waals surface area contributed by atoms with E-state index in [0.717, 1.165) is 0 Å². The smallest absolute Gasteiger partial charge is 0.345 e. The van der Waals surface area contributed by atoms with E-state index in [9.17, 15) is 9.59 Å². The number of aldehydes is 1. The van der Waals surface area contributed by atoms with Crippen molar-refractivity contribution < 1.29 is 38.0 Å². The normalized spacial score (nSPS) is 11.6. The average Bonchev–Trinajstić information content (AvgIpc) is 3.27. The Morgan fingerprint density at radius 3 is 2.44 bits per heavy atom. The number of hydrogen-bond donors (Lipinski definition) is 0. The molecule has 0 atom stereocenters. The predicted molar refractivity (Wildman–Crippen MR) is 113 cm³/mol. The molecular weight excluding hydrogens is 416 g/mol. The van der Waals surface area contributed by atoms with Crippen molar-refractivity contribution in [3.05, 3.63) is 65.7 Å². The van der Waals surface area contributed by atoms with Gasteiger partial charge in [-0.3, -0.25) is 4.79 Å². The second-order valence-electron chi connectivity index (χ2n) is 6.59. The Morgan fingerprint density at radius 2 is 1.69 bits per heavy atom. The molecule has 32 heavy (non-hydrogen) atoms. The third-order valence-electron chi connectivity index (χ3n) is 4.60. The molecule has 0 spiro atoms. The molecule has 0 N–H and O–H groups in total. The van der Waals surface area contributed by atoms with E-state index in [2.05, 4.69) is 0 Å². The van der Waals surface area contributed by atoms with Crippen molar-refractivity contribution in [1.82, 2.24) is 0 Å². The Morgan fingerprint density at radius 1 is 0.938 bits per heavy atom. The fourth-order valence-corrected chi connectivity index (χ4v) is 3.11. The van der Waals surface area contributed by atoms with Crippen LogP contribution in [0.15, 0.2) is 54.6 Å². The zero-order valence-electron chi connectivity index (χ0n) is 17.5. The highest BCUT2D eigenvalue weighted by molar-refractivity contribution is 5.96. The number of benzene rings is 3. The first kappa shape index (κ1) is 21.0. The maximum atomic E-state index is 12.8. The van der Waals surface area contributed by atoms with Crippen molar-refractivity contribution >= 4 is 12.3 Å². The molecule has 0 unspecified atom stereocenters. The molecular formula is C24H20O8. The molecule has 0 radical (unpaired) electrons. The van der Waals surface area contributed by atoms with Gasteiger partial charge in [0.15, 0.2) is 17.8 Å². The second kappa shape index (κ2) is 9.30. The van der Waals surface area contributed by atoms with Crippen LogP contribution in [0.5, 0.6) is 40.2 Å². The summed E-state index contributed by atoms with van der Waals surface area (Å²) in [7, 11) is 1.50. The molecule has 1 aliphatic rings. The summed E-state index contributed by atoms with van der Waals surface area (Å²) in [6.07, 6.45) is 0.648. The molecule has 0 aromatic heterocycles. The van der Waals surface area contributed by atoms with Crippen molar-refractivity contribution in [2.45, 2.75) is 6.92 Å². The number of fused-ring (bicyclic) bond motifs is 1. The fourth-order valence-electron chi connectivity index (χ4n) is 3.11. The van der Waals surface area contributed by atoms with Gasteiger partial charge in [-0.1, -0.05) is 6.07 Å². The molecule has 0 saturated carbocycles. The summed E-state index contributed by atoms with van der Waals surface area (Å²) >= 11 is 0. The highest BCUT2D eigenvalue weighted by atomic mass is 16.7. The number of esters is 1. The van der Waals surface area contributed by atoms with Crippen molar-refractivity contribution in [3.8, 4) is 40.2 Å². The molecule has 164 valence electrons. The van der Waals surface area contributed by atoms with Gasteiger partial charge < -0.3 is 28.4 Å². The topological polar surface area (TPSA) is 89.5 Å². The van der Waals surface area contributed by atoms with Crippen LogP contribution in [0.4, 0.5) is 0 Å². The van der Waals surface area contributed by atoms with Crippen molar-refractivity contribution in [1.29, 1.82) is 0 Å². The van der Waals surface area contributed by atoms with Crippen LogP contribution < -0.4 is 23.7 Å². The Balaban J connectivity index is 1.71. The predicted octanol–water partition coefficient (Wildman–Crippen LogP) is 5.00. The first-order valence-electron chi connectivity index (χ1n) is 9.81. The van der Waals surface area contributed by atoms with Crippen molar-refractivity contribution in [3.63, 3.8) is 0 Å². The first-order valence-corrected chi connectivity index (χ1v) is 9.81. The van der Waals surface area contributed by atoms with Gasteiger partial charge in [-0.15, -0.1) is 0 Å². The Labute approximate surface area is 184 Å². The van der Waals surface area contributed by atoms with E-state index in [4.69, 9.17) is 28.4 Å². The van der Waals surface area contributed by atoms with Crippen LogP contribution in [0.1, 0.15) is 27.6 Å². The lowest BCUT2D eigenvalue weighted by Crippen LogP contribution is -2.09. The summed E-state index contributed by atoms with van der Waals surface area (Å²) in [5.41, 5.74) is 0.348. The maximum absolute atomic E-state index is 12.8. The fraction of sp³-hybridized carbons (Fsp3) is 0.167.